The van der Waals surface area contributed by atoms with Gasteiger partial charge in [-0.25, -0.2) is 13.4 Å². The minimum atomic E-state index is -2.94. The fourth-order valence-corrected chi connectivity index (χ4v) is 4.20. The highest BCUT2D eigenvalue weighted by atomic mass is 32.2. The Morgan fingerprint density at radius 2 is 2.27 bits per heavy atom. The lowest BCUT2D eigenvalue weighted by atomic mass is 10.2. The maximum atomic E-state index is 12.2. The standard InChI is InChI=1S/C15H23N3O3S/c1-4-11(2)17-15(19)12-5-7-16-14(9-12)18(3)13-6-8-22(20,21)10-13/h5,7,9,11,13H,4,6,8,10H2,1-3H3,(H,17,19). The fourth-order valence-electron chi connectivity index (χ4n) is 2.43. The monoisotopic (exact) mass is 325 g/mol. The van der Waals surface area contributed by atoms with Gasteiger partial charge in [-0.15, -0.1) is 0 Å². The van der Waals surface area contributed by atoms with Crippen LogP contribution in [0.5, 0.6) is 0 Å². The second-order valence-electron chi connectivity index (χ2n) is 5.85. The van der Waals surface area contributed by atoms with E-state index in [1.54, 1.807) is 18.3 Å². The summed E-state index contributed by atoms with van der Waals surface area (Å²) < 4.78 is 23.2. The molecular formula is C15H23N3O3S. The van der Waals surface area contributed by atoms with Gasteiger partial charge in [-0.1, -0.05) is 6.92 Å². The van der Waals surface area contributed by atoms with Crippen molar-refractivity contribution in [1.82, 2.24) is 10.3 Å². The van der Waals surface area contributed by atoms with E-state index < -0.39 is 9.84 Å². The van der Waals surface area contributed by atoms with Crippen molar-refractivity contribution in [3.8, 4) is 0 Å². The number of carbonyl (C=O) groups is 1. The first kappa shape index (κ1) is 16.7. The van der Waals surface area contributed by atoms with E-state index in [9.17, 15) is 13.2 Å². The molecule has 1 aliphatic rings. The molecule has 0 bridgehead atoms. The predicted octanol–water partition coefficient (Wildman–Crippen LogP) is 1.23. The molecule has 0 aliphatic carbocycles. The third kappa shape index (κ3) is 3.97. The summed E-state index contributed by atoms with van der Waals surface area (Å²) in [4.78, 5) is 18.3. The summed E-state index contributed by atoms with van der Waals surface area (Å²) in [6.45, 7) is 3.97. The van der Waals surface area contributed by atoms with Crippen LogP contribution in [0.1, 0.15) is 37.0 Å². The van der Waals surface area contributed by atoms with Crippen LogP contribution in [-0.2, 0) is 9.84 Å². The van der Waals surface area contributed by atoms with Crippen LogP contribution in [0.2, 0.25) is 0 Å². The Balaban J connectivity index is 2.13. The summed E-state index contributed by atoms with van der Waals surface area (Å²) in [6, 6.07) is 3.41. The zero-order chi connectivity index (χ0) is 16.3. The molecule has 2 rings (SSSR count). The molecule has 2 atom stereocenters. The lowest BCUT2D eigenvalue weighted by Gasteiger charge is -2.24. The van der Waals surface area contributed by atoms with E-state index in [1.807, 2.05) is 25.8 Å². The van der Waals surface area contributed by atoms with Gasteiger partial charge in [0.2, 0.25) is 0 Å². The Bertz CT molecular complexity index is 645. The molecule has 2 unspecified atom stereocenters. The zero-order valence-corrected chi connectivity index (χ0v) is 14.1. The highest BCUT2D eigenvalue weighted by molar-refractivity contribution is 7.91. The molecule has 1 aromatic rings. The first-order chi connectivity index (χ1) is 10.3. The molecule has 22 heavy (non-hydrogen) atoms. The Hall–Kier alpha value is -1.63. The van der Waals surface area contributed by atoms with Crippen LogP contribution in [-0.4, -0.2) is 49.9 Å². The van der Waals surface area contributed by atoms with Crippen molar-refractivity contribution >= 4 is 21.6 Å². The highest BCUT2D eigenvalue weighted by Gasteiger charge is 2.31. The number of rotatable bonds is 5. The first-order valence-electron chi connectivity index (χ1n) is 7.52. The van der Waals surface area contributed by atoms with Crippen molar-refractivity contribution in [2.45, 2.75) is 38.8 Å². The summed E-state index contributed by atoms with van der Waals surface area (Å²) in [7, 11) is -1.12. The van der Waals surface area contributed by atoms with E-state index in [0.717, 1.165) is 6.42 Å². The number of pyridine rings is 1. The summed E-state index contributed by atoms with van der Waals surface area (Å²) in [5.41, 5.74) is 0.540. The number of aromatic nitrogens is 1. The third-order valence-corrected chi connectivity index (χ3v) is 5.87. The predicted molar refractivity (Wildman–Crippen MR) is 86.9 cm³/mol. The fraction of sp³-hybridized carbons (Fsp3) is 0.600. The summed E-state index contributed by atoms with van der Waals surface area (Å²) >= 11 is 0. The molecule has 1 amide bonds. The molecule has 1 aromatic heterocycles. The van der Waals surface area contributed by atoms with Crippen molar-refractivity contribution in [1.29, 1.82) is 0 Å². The number of amides is 1. The van der Waals surface area contributed by atoms with Gasteiger partial charge in [0.15, 0.2) is 9.84 Å². The van der Waals surface area contributed by atoms with Gasteiger partial charge in [-0.05, 0) is 31.9 Å². The first-order valence-corrected chi connectivity index (χ1v) is 9.34. The van der Waals surface area contributed by atoms with Crippen LogP contribution in [0.25, 0.3) is 0 Å². The lowest BCUT2D eigenvalue weighted by molar-refractivity contribution is 0.0939. The SMILES string of the molecule is CCC(C)NC(=O)c1ccnc(N(C)C2CCS(=O)(=O)C2)c1. The number of nitrogens with zero attached hydrogens (tertiary/aromatic N) is 2. The molecule has 0 spiro atoms. The van der Waals surface area contributed by atoms with Gasteiger partial charge in [-0.3, -0.25) is 4.79 Å². The summed E-state index contributed by atoms with van der Waals surface area (Å²) in [5, 5.41) is 2.91. The van der Waals surface area contributed by atoms with Crippen LogP contribution in [0.15, 0.2) is 18.3 Å². The average Bonchev–Trinajstić information content (AvgIpc) is 2.86. The van der Waals surface area contributed by atoms with Crippen molar-refractivity contribution < 1.29 is 13.2 Å². The van der Waals surface area contributed by atoms with Crippen molar-refractivity contribution in [2.75, 3.05) is 23.5 Å². The van der Waals surface area contributed by atoms with E-state index >= 15 is 0 Å². The normalized spacial score (nSPS) is 21.3. The molecule has 6 nitrogen and oxygen atoms in total. The molecule has 2 heterocycles. The molecule has 7 heteroatoms. The molecule has 1 fully saturated rings. The van der Waals surface area contributed by atoms with Crippen molar-refractivity contribution in [2.24, 2.45) is 0 Å². The van der Waals surface area contributed by atoms with Gasteiger partial charge in [0.25, 0.3) is 5.91 Å². The number of carbonyl (C=O) groups excluding carboxylic acids is 1. The maximum absolute atomic E-state index is 12.2. The third-order valence-electron chi connectivity index (χ3n) is 4.12. The minimum absolute atomic E-state index is 0.0784. The minimum Gasteiger partial charge on any atom is -0.356 e. The van der Waals surface area contributed by atoms with Crippen LogP contribution in [0, 0.1) is 0 Å². The van der Waals surface area contributed by atoms with Gasteiger partial charge >= 0.3 is 0 Å². The van der Waals surface area contributed by atoms with E-state index in [-0.39, 0.29) is 29.5 Å². The second kappa shape index (κ2) is 6.64. The molecule has 1 aliphatic heterocycles. The van der Waals surface area contributed by atoms with Gasteiger partial charge in [0.1, 0.15) is 5.82 Å². The second-order valence-corrected chi connectivity index (χ2v) is 8.08. The maximum Gasteiger partial charge on any atom is 0.251 e. The van der Waals surface area contributed by atoms with Crippen LogP contribution >= 0.6 is 0 Å². The van der Waals surface area contributed by atoms with Gasteiger partial charge in [0, 0.05) is 30.9 Å². The highest BCUT2D eigenvalue weighted by Crippen LogP contribution is 2.22. The Morgan fingerprint density at radius 3 is 2.86 bits per heavy atom. The molecule has 1 saturated heterocycles. The smallest absolute Gasteiger partial charge is 0.251 e. The number of hydrogen-bond donors (Lipinski definition) is 1. The van der Waals surface area contributed by atoms with E-state index in [2.05, 4.69) is 10.3 Å². The lowest BCUT2D eigenvalue weighted by Crippen LogP contribution is -2.34. The number of nitrogens with one attached hydrogen (secondary N) is 1. The average molecular weight is 325 g/mol. The Labute approximate surface area is 131 Å². The molecular weight excluding hydrogens is 302 g/mol. The Morgan fingerprint density at radius 1 is 1.55 bits per heavy atom. The molecule has 0 aromatic carbocycles. The van der Waals surface area contributed by atoms with E-state index in [1.165, 1.54) is 0 Å². The van der Waals surface area contributed by atoms with Crippen molar-refractivity contribution in [3.05, 3.63) is 23.9 Å². The molecule has 0 radical (unpaired) electrons. The molecule has 1 N–H and O–H groups in total. The van der Waals surface area contributed by atoms with E-state index in [0.29, 0.717) is 17.8 Å². The van der Waals surface area contributed by atoms with Crippen molar-refractivity contribution in [3.63, 3.8) is 0 Å². The quantitative estimate of drug-likeness (QED) is 0.881. The van der Waals surface area contributed by atoms with Crippen LogP contribution in [0.3, 0.4) is 0 Å². The topological polar surface area (TPSA) is 79.4 Å². The van der Waals surface area contributed by atoms with Crippen LogP contribution < -0.4 is 10.2 Å². The molecule has 0 saturated carbocycles. The zero-order valence-electron chi connectivity index (χ0n) is 13.2. The number of anilines is 1. The largest absolute Gasteiger partial charge is 0.356 e. The summed E-state index contributed by atoms with van der Waals surface area (Å²) in [6.07, 6.45) is 3.05. The Kier molecular flexibility index (Phi) is 5.05. The van der Waals surface area contributed by atoms with Gasteiger partial charge in [-0.2, -0.15) is 0 Å². The van der Waals surface area contributed by atoms with Gasteiger partial charge < -0.3 is 10.2 Å². The number of hydrogen-bond acceptors (Lipinski definition) is 5. The van der Waals surface area contributed by atoms with Gasteiger partial charge in [0.05, 0.1) is 11.5 Å². The van der Waals surface area contributed by atoms with E-state index in [4.69, 9.17) is 0 Å². The molecule has 122 valence electrons. The van der Waals surface area contributed by atoms with Crippen LogP contribution in [0.4, 0.5) is 5.82 Å². The number of sulfone groups is 1. The summed E-state index contributed by atoms with van der Waals surface area (Å²) in [5.74, 6) is 0.856.